The van der Waals surface area contributed by atoms with E-state index in [1.165, 1.54) is 12.5 Å². The van der Waals surface area contributed by atoms with Crippen molar-refractivity contribution < 1.29 is 14.0 Å². The van der Waals surface area contributed by atoms with Crippen molar-refractivity contribution in [2.24, 2.45) is 0 Å². The third-order valence-electron chi connectivity index (χ3n) is 8.49. The first-order valence-corrected chi connectivity index (χ1v) is 13.1. The first-order valence-electron chi connectivity index (χ1n) is 13.1. The summed E-state index contributed by atoms with van der Waals surface area (Å²) in [5.74, 6) is -1.29. The average Bonchev–Trinajstić information content (AvgIpc) is 3.70. The van der Waals surface area contributed by atoms with E-state index < -0.39 is 11.8 Å². The monoisotopic (exact) mass is 511 g/mol. The van der Waals surface area contributed by atoms with Gasteiger partial charge in [0, 0.05) is 68.2 Å². The Balaban J connectivity index is 1.24. The molecule has 38 heavy (non-hydrogen) atoms. The van der Waals surface area contributed by atoms with Gasteiger partial charge in [0.25, 0.3) is 11.8 Å². The average molecular weight is 512 g/mol. The predicted molar refractivity (Wildman–Crippen MR) is 139 cm³/mol. The molecule has 4 aromatic rings. The van der Waals surface area contributed by atoms with Gasteiger partial charge in [-0.15, -0.1) is 0 Å². The van der Waals surface area contributed by atoms with Crippen LogP contribution in [0.4, 0.5) is 4.39 Å². The van der Waals surface area contributed by atoms with Crippen molar-refractivity contribution in [1.29, 1.82) is 0 Å². The number of carbonyl (C=O) groups is 2. The molecule has 3 aromatic heterocycles. The number of hydrogen-bond donors (Lipinski definition) is 2. The number of imidazole rings is 1. The number of amides is 2. The molecule has 0 spiro atoms. The number of nitrogens with zero attached hydrogens (tertiary/aromatic N) is 5. The fourth-order valence-electron chi connectivity index (χ4n) is 6.83. The lowest BCUT2D eigenvalue weighted by Gasteiger charge is -2.32. The predicted octanol–water partition coefficient (Wildman–Crippen LogP) is 1.81. The normalized spacial score (nSPS) is 23.8. The lowest BCUT2D eigenvalue weighted by Crippen LogP contribution is -2.48. The van der Waals surface area contributed by atoms with Crippen LogP contribution in [-0.2, 0) is 22.7 Å². The minimum atomic E-state index is -0.475. The Morgan fingerprint density at radius 3 is 2.84 bits per heavy atom. The number of nitrogens with one attached hydrogen (secondary N) is 2. The summed E-state index contributed by atoms with van der Waals surface area (Å²) in [5.41, 5.74) is 4.12. The van der Waals surface area contributed by atoms with Gasteiger partial charge in [-0.1, -0.05) is 6.07 Å². The SMILES string of the molecule is O=C1NC(=O)C(c2cnc3ccccn23)=C1c1cn2c3c(cc(F)cc13)CN(CN1C[C@H]3C[C@@H]1CN3)CC2. The van der Waals surface area contributed by atoms with Crippen LogP contribution in [0.25, 0.3) is 27.7 Å². The molecule has 0 radical (unpaired) electrons. The summed E-state index contributed by atoms with van der Waals surface area (Å²) in [6, 6.07) is 9.81. The molecule has 2 amide bonds. The number of rotatable bonds is 4. The second-order valence-electron chi connectivity index (χ2n) is 10.8. The number of aromatic nitrogens is 3. The van der Waals surface area contributed by atoms with Gasteiger partial charge in [0.2, 0.25) is 0 Å². The fraction of sp³-hybridized carbons (Fsp3) is 0.321. The van der Waals surface area contributed by atoms with E-state index in [1.54, 1.807) is 16.7 Å². The molecule has 9 nitrogen and oxygen atoms in total. The number of likely N-dealkylation sites (tertiary alicyclic amines) is 1. The Morgan fingerprint density at radius 1 is 1.11 bits per heavy atom. The molecule has 2 bridgehead atoms. The zero-order valence-electron chi connectivity index (χ0n) is 20.7. The van der Waals surface area contributed by atoms with Gasteiger partial charge < -0.3 is 9.88 Å². The molecule has 1 aromatic carbocycles. The van der Waals surface area contributed by atoms with Gasteiger partial charge in [-0.05, 0) is 36.2 Å². The largest absolute Gasteiger partial charge is 0.345 e. The number of fused-ring (bicyclic) bond motifs is 3. The first kappa shape index (κ1) is 22.2. The molecular weight excluding hydrogens is 485 g/mol. The van der Waals surface area contributed by atoms with Crippen LogP contribution in [0.5, 0.6) is 0 Å². The molecule has 2 N–H and O–H groups in total. The van der Waals surface area contributed by atoms with Crippen molar-refractivity contribution in [3.05, 3.63) is 71.6 Å². The van der Waals surface area contributed by atoms with Crippen LogP contribution in [0, 0.1) is 5.82 Å². The Labute approximate surface area is 217 Å². The third-order valence-corrected chi connectivity index (χ3v) is 8.49. The van der Waals surface area contributed by atoms with Crippen LogP contribution in [0.1, 0.15) is 23.2 Å². The molecular formula is C28H26FN7O2. The first-order chi connectivity index (χ1) is 18.5. The molecule has 2 atom stereocenters. The minimum Gasteiger partial charge on any atom is -0.345 e. The third kappa shape index (κ3) is 3.24. The highest BCUT2D eigenvalue weighted by Gasteiger charge is 2.39. The molecule has 0 unspecified atom stereocenters. The number of carbonyl (C=O) groups excluding carboxylic acids is 2. The quantitative estimate of drug-likeness (QED) is 0.407. The van der Waals surface area contributed by atoms with Crippen molar-refractivity contribution >= 4 is 39.5 Å². The molecule has 0 aliphatic carbocycles. The van der Waals surface area contributed by atoms with Gasteiger partial charge in [0.15, 0.2) is 0 Å². The van der Waals surface area contributed by atoms with E-state index in [0.717, 1.165) is 37.4 Å². The molecule has 4 aliphatic rings. The topological polar surface area (TPSA) is 86.9 Å². The highest BCUT2D eigenvalue weighted by atomic mass is 19.1. The van der Waals surface area contributed by atoms with E-state index in [4.69, 9.17) is 0 Å². The van der Waals surface area contributed by atoms with Crippen molar-refractivity contribution in [3.63, 3.8) is 0 Å². The van der Waals surface area contributed by atoms with Gasteiger partial charge in [0.05, 0.1) is 35.2 Å². The molecule has 192 valence electrons. The maximum atomic E-state index is 15.1. The van der Waals surface area contributed by atoms with Crippen LogP contribution < -0.4 is 10.6 Å². The highest BCUT2D eigenvalue weighted by Crippen LogP contribution is 2.38. The van der Waals surface area contributed by atoms with Crippen LogP contribution >= 0.6 is 0 Å². The molecule has 10 heteroatoms. The molecule has 0 saturated carbocycles. The Hall–Kier alpha value is -3.86. The van der Waals surface area contributed by atoms with Gasteiger partial charge in [0.1, 0.15) is 11.5 Å². The van der Waals surface area contributed by atoms with Crippen LogP contribution in [-0.4, -0.2) is 74.0 Å². The van der Waals surface area contributed by atoms with E-state index in [9.17, 15) is 9.59 Å². The highest BCUT2D eigenvalue weighted by molar-refractivity contribution is 6.49. The zero-order chi connectivity index (χ0) is 25.5. The number of pyridine rings is 1. The molecule has 7 heterocycles. The number of imide groups is 1. The van der Waals surface area contributed by atoms with E-state index in [2.05, 4.69) is 30.0 Å². The second-order valence-corrected chi connectivity index (χ2v) is 10.8. The lowest BCUT2D eigenvalue weighted by atomic mass is 9.98. The van der Waals surface area contributed by atoms with Gasteiger partial charge in [-0.25, -0.2) is 9.37 Å². The Morgan fingerprint density at radius 2 is 2.00 bits per heavy atom. The van der Waals surface area contributed by atoms with Crippen molar-refractivity contribution in [3.8, 4) is 0 Å². The number of hydrogen-bond acceptors (Lipinski definition) is 6. The van der Waals surface area contributed by atoms with Crippen LogP contribution in [0.3, 0.4) is 0 Å². The van der Waals surface area contributed by atoms with Crippen molar-refractivity contribution in [2.75, 3.05) is 26.3 Å². The van der Waals surface area contributed by atoms with Crippen LogP contribution in [0.15, 0.2) is 48.9 Å². The maximum absolute atomic E-state index is 15.1. The second kappa shape index (κ2) is 8.07. The summed E-state index contributed by atoms with van der Waals surface area (Å²) in [7, 11) is 0. The Bertz CT molecular complexity index is 1700. The van der Waals surface area contributed by atoms with E-state index >= 15 is 4.39 Å². The minimum absolute atomic E-state index is 0.259. The van der Waals surface area contributed by atoms with Gasteiger partial charge >= 0.3 is 0 Å². The Kier molecular flexibility index (Phi) is 4.70. The standard InChI is InChI=1S/C28H26FN7O2/c29-17-7-16-12-33(15-35-13-18-9-19(35)10-30-18)5-6-34-14-21(20(8-17)26(16)34)24-25(28(38)32-27(24)37)22-11-31-23-3-1-2-4-36(22)23/h1-4,7-8,11,14,18-19,30H,5-6,9-10,12-13,15H2,(H,32,37,38)/t18-,19-/m1/s1. The molecule has 4 aliphatic heterocycles. The summed E-state index contributed by atoms with van der Waals surface area (Å²) in [4.78, 5) is 35.6. The van der Waals surface area contributed by atoms with Crippen molar-refractivity contribution in [2.45, 2.75) is 31.6 Å². The summed E-state index contributed by atoms with van der Waals surface area (Å²) < 4.78 is 19.0. The van der Waals surface area contributed by atoms with Crippen molar-refractivity contribution in [1.82, 2.24) is 34.4 Å². The van der Waals surface area contributed by atoms with E-state index in [0.29, 0.717) is 47.5 Å². The lowest BCUT2D eigenvalue weighted by molar-refractivity contribution is -0.122. The summed E-state index contributed by atoms with van der Waals surface area (Å²) >= 11 is 0. The number of piperazine rings is 1. The molecule has 2 fully saturated rings. The van der Waals surface area contributed by atoms with E-state index in [1.807, 2.05) is 30.6 Å². The molecule has 8 rings (SSSR count). The van der Waals surface area contributed by atoms with Crippen LogP contribution in [0.2, 0.25) is 0 Å². The zero-order valence-corrected chi connectivity index (χ0v) is 20.7. The maximum Gasteiger partial charge on any atom is 0.261 e. The summed E-state index contributed by atoms with van der Waals surface area (Å²) in [6.07, 6.45) is 6.53. The smallest absolute Gasteiger partial charge is 0.261 e. The number of benzene rings is 1. The van der Waals surface area contributed by atoms with E-state index in [-0.39, 0.29) is 17.0 Å². The summed E-state index contributed by atoms with van der Waals surface area (Å²) in [5, 5.41) is 6.67. The summed E-state index contributed by atoms with van der Waals surface area (Å²) in [6.45, 7) is 5.10. The molecule has 2 saturated heterocycles. The number of halogens is 1. The van der Waals surface area contributed by atoms with Gasteiger partial charge in [-0.2, -0.15) is 0 Å². The van der Waals surface area contributed by atoms with Gasteiger partial charge in [-0.3, -0.25) is 29.1 Å². The fourth-order valence-corrected chi connectivity index (χ4v) is 6.83.